The molecule has 1 N–H and O–H groups in total. The molecule has 0 fully saturated rings. The minimum atomic E-state index is -0.312. The molecule has 2 heterocycles. The molecule has 0 spiro atoms. The van der Waals surface area contributed by atoms with Crippen molar-refractivity contribution in [3.05, 3.63) is 27.1 Å². The second kappa shape index (κ2) is 5.01. The van der Waals surface area contributed by atoms with Gasteiger partial charge in [-0.3, -0.25) is 14.2 Å². The molecule has 5 nitrogen and oxygen atoms in total. The van der Waals surface area contributed by atoms with Crippen LogP contribution in [0.2, 0.25) is 0 Å². The van der Waals surface area contributed by atoms with Crippen molar-refractivity contribution in [2.24, 2.45) is 0 Å². The number of nitrogens with one attached hydrogen (secondary N) is 1. The molecule has 0 unspecified atom stereocenters. The van der Waals surface area contributed by atoms with Crippen molar-refractivity contribution in [1.82, 2.24) is 14.9 Å². The van der Waals surface area contributed by atoms with Crippen molar-refractivity contribution in [3.8, 4) is 0 Å². The van der Waals surface area contributed by atoms with Crippen LogP contribution in [-0.2, 0) is 11.3 Å². The number of thiophene rings is 1. The van der Waals surface area contributed by atoms with Gasteiger partial charge in [0.1, 0.15) is 11.4 Å². The van der Waals surface area contributed by atoms with Crippen LogP contribution in [0.1, 0.15) is 31.2 Å². The van der Waals surface area contributed by atoms with Gasteiger partial charge in [-0.2, -0.15) is 0 Å². The summed E-state index contributed by atoms with van der Waals surface area (Å²) in [6, 6.07) is 0. The molecule has 0 aliphatic carbocycles. The van der Waals surface area contributed by atoms with Crippen molar-refractivity contribution < 1.29 is 4.79 Å². The fourth-order valence-corrected chi connectivity index (χ4v) is 2.98. The number of nitrogens with zero attached hydrogens (tertiary/aromatic N) is 2. The molecule has 0 aromatic carbocycles. The Morgan fingerprint density at radius 1 is 1.40 bits per heavy atom. The monoisotopic (exact) mass is 293 g/mol. The van der Waals surface area contributed by atoms with Gasteiger partial charge in [0.15, 0.2) is 0 Å². The maximum Gasteiger partial charge on any atom is 0.262 e. The zero-order chi connectivity index (χ0) is 15.1. The van der Waals surface area contributed by atoms with Crippen molar-refractivity contribution in [3.63, 3.8) is 0 Å². The molecular formula is C14H19N3O2S. The largest absolute Gasteiger partial charge is 0.350 e. The Hall–Kier alpha value is -1.69. The topological polar surface area (TPSA) is 64.0 Å². The Morgan fingerprint density at radius 2 is 2.05 bits per heavy atom. The molecule has 0 radical (unpaired) electrons. The number of hydrogen-bond acceptors (Lipinski definition) is 4. The Bertz CT molecular complexity index is 722. The summed E-state index contributed by atoms with van der Waals surface area (Å²) in [5.41, 5.74) is 0.488. The highest BCUT2D eigenvalue weighted by Crippen LogP contribution is 2.25. The van der Waals surface area contributed by atoms with Gasteiger partial charge in [0.2, 0.25) is 5.91 Å². The fourth-order valence-electron chi connectivity index (χ4n) is 2.00. The first kappa shape index (κ1) is 14.7. The van der Waals surface area contributed by atoms with Crippen LogP contribution in [-0.4, -0.2) is 21.0 Å². The summed E-state index contributed by atoms with van der Waals surface area (Å²) >= 11 is 1.51. The summed E-state index contributed by atoms with van der Waals surface area (Å²) in [6.45, 7) is 9.59. The summed E-state index contributed by atoms with van der Waals surface area (Å²) in [4.78, 5) is 30.4. The third kappa shape index (κ3) is 2.90. The van der Waals surface area contributed by atoms with Gasteiger partial charge in [0, 0.05) is 10.4 Å². The Labute approximate surface area is 121 Å². The van der Waals surface area contributed by atoms with E-state index >= 15 is 0 Å². The molecule has 0 saturated heterocycles. The predicted molar refractivity (Wildman–Crippen MR) is 81.2 cm³/mol. The second-order valence-corrected chi connectivity index (χ2v) is 7.14. The molecule has 0 atom stereocenters. The van der Waals surface area contributed by atoms with Gasteiger partial charge < -0.3 is 5.32 Å². The molecule has 108 valence electrons. The average Bonchev–Trinajstić information content (AvgIpc) is 2.57. The minimum Gasteiger partial charge on any atom is -0.350 e. The van der Waals surface area contributed by atoms with Crippen LogP contribution in [0.4, 0.5) is 0 Å². The van der Waals surface area contributed by atoms with Crippen LogP contribution in [0.5, 0.6) is 0 Å². The van der Waals surface area contributed by atoms with Crippen molar-refractivity contribution in [2.45, 2.75) is 46.7 Å². The number of aryl methyl sites for hydroxylation is 2. The first-order valence-electron chi connectivity index (χ1n) is 6.45. The zero-order valence-electron chi connectivity index (χ0n) is 12.4. The summed E-state index contributed by atoms with van der Waals surface area (Å²) in [7, 11) is 0. The molecule has 0 bridgehead atoms. The molecule has 1 amide bonds. The van der Waals surface area contributed by atoms with Gasteiger partial charge in [-0.1, -0.05) is 0 Å². The summed E-state index contributed by atoms with van der Waals surface area (Å²) in [5.74, 6) is -0.189. The Kier molecular flexibility index (Phi) is 3.69. The Morgan fingerprint density at radius 3 is 2.65 bits per heavy atom. The van der Waals surface area contributed by atoms with Gasteiger partial charge in [-0.25, -0.2) is 4.98 Å². The van der Waals surface area contributed by atoms with Crippen LogP contribution >= 0.6 is 11.3 Å². The average molecular weight is 293 g/mol. The third-order valence-corrected chi connectivity index (χ3v) is 4.10. The predicted octanol–water partition coefficient (Wildman–Crippen LogP) is 1.99. The van der Waals surface area contributed by atoms with Gasteiger partial charge in [-0.15, -0.1) is 11.3 Å². The highest BCUT2D eigenvalue weighted by molar-refractivity contribution is 7.18. The van der Waals surface area contributed by atoms with E-state index in [4.69, 9.17) is 0 Å². The lowest BCUT2D eigenvalue weighted by Crippen LogP contribution is -2.43. The standard InChI is InChI=1S/C14H19N3O2S/c1-8-9(2)20-12-11(8)13(19)17(7-15-12)6-10(18)16-14(3,4)5/h7H,6H2,1-5H3,(H,16,18). The summed E-state index contributed by atoms with van der Waals surface area (Å²) in [6.07, 6.45) is 1.45. The highest BCUT2D eigenvalue weighted by atomic mass is 32.1. The van der Waals surface area contributed by atoms with Crippen LogP contribution in [0.15, 0.2) is 11.1 Å². The van der Waals surface area contributed by atoms with Crippen LogP contribution in [0.25, 0.3) is 10.2 Å². The number of amides is 1. The number of hydrogen-bond donors (Lipinski definition) is 1. The zero-order valence-corrected chi connectivity index (χ0v) is 13.2. The smallest absolute Gasteiger partial charge is 0.262 e. The fraction of sp³-hybridized carbons (Fsp3) is 0.500. The van der Waals surface area contributed by atoms with E-state index in [1.165, 1.54) is 22.2 Å². The van der Waals surface area contributed by atoms with E-state index in [-0.39, 0.29) is 23.6 Å². The first-order chi connectivity index (χ1) is 9.19. The van der Waals surface area contributed by atoms with E-state index in [0.29, 0.717) is 5.39 Å². The number of carbonyl (C=O) groups excluding carboxylic acids is 1. The van der Waals surface area contributed by atoms with E-state index in [9.17, 15) is 9.59 Å². The van der Waals surface area contributed by atoms with Crippen LogP contribution in [0.3, 0.4) is 0 Å². The number of carbonyl (C=O) groups is 1. The molecule has 20 heavy (non-hydrogen) atoms. The van der Waals surface area contributed by atoms with Crippen LogP contribution in [0, 0.1) is 13.8 Å². The minimum absolute atomic E-state index is 0.00657. The molecule has 0 aliphatic heterocycles. The van der Waals surface area contributed by atoms with E-state index < -0.39 is 0 Å². The summed E-state index contributed by atoms with van der Waals surface area (Å²) < 4.78 is 1.36. The molecular weight excluding hydrogens is 274 g/mol. The third-order valence-electron chi connectivity index (χ3n) is 2.98. The van der Waals surface area contributed by atoms with Gasteiger partial charge in [0.25, 0.3) is 5.56 Å². The van der Waals surface area contributed by atoms with Crippen molar-refractivity contribution in [1.29, 1.82) is 0 Å². The maximum atomic E-state index is 12.4. The molecule has 0 saturated carbocycles. The van der Waals surface area contributed by atoms with Gasteiger partial charge in [-0.05, 0) is 40.2 Å². The van der Waals surface area contributed by atoms with Crippen molar-refractivity contribution >= 4 is 27.5 Å². The lowest BCUT2D eigenvalue weighted by molar-refractivity contribution is -0.123. The Balaban J connectivity index is 2.37. The number of rotatable bonds is 2. The normalized spacial score (nSPS) is 11.8. The van der Waals surface area contributed by atoms with E-state index in [0.717, 1.165) is 15.3 Å². The molecule has 0 aliphatic rings. The molecule has 6 heteroatoms. The molecule has 2 rings (SSSR count). The van der Waals surface area contributed by atoms with Crippen LogP contribution < -0.4 is 10.9 Å². The van der Waals surface area contributed by atoms with E-state index in [1.54, 1.807) is 0 Å². The second-order valence-electron chi connectivity index (χ2n) is 5.94. The van der Waals surface area contributed by atoms with Gasteiger partial charge >= 0.3 is 0 Å². The molecule has 2 aromatic heterocycles. The lowest BCUT2D eigenvalue weighted by Gasteiger charge is -2.20. The lowest BCUT2D eigenvalue weighted by atomic mass is 10.1. The van der Waals surface area contributed by atoms with E-state index in [1.807, 2.05) is 34.6 Å². The first-order valence-corrected chi connectivity index (χ1v) is 7.27. The highest BCUT2D eigenvalue weighted by Gasteiger charge is 2.16. The number of fused-ring (bicyclic) bond motifs is 1. The SMILES string of the molecule is Cc1sc2ncn(CC(=O)NC(C)(C)C)c(=O)c2c1C. The maximum absolute atomic E-state index is 12.4. The van der Waals surface area contributed by atoms with Crippen molar-refractivity contribution in [2.75, 3.05) is 0 Å². The quantitative estimate of drug-likeness (QED) is 0.921. The summed E-state index contributed by atoms with van der Waals surface area (Å²) in [5, 5.41) is 3.46. The van der Waals surface area contributed by atoms with Gasteiger partial charge in [0.05, 0.1) is 11.7 Å². The number of aromatic nitrogens is 2. The molecule has 2 aromatic rings. The van der Waals surface area contributed by atoms with E-state index in [2.05, 4.69) is 10.3 Å².